The van der Waals surface area contributed by atoms with Crippen molar-refractivity contribution in [3.8, 4) is 0 Å². The molecule has 2 aromatic rings. The smallest absolute Gasteiger partial charge is 0.107 e. The summed E-state index contributed by atoms with van der Waals surface area (Å²) in [4.78, 5) is 15.7. The standard InChI is InChI=1S/C14H18N4S/c1-11-7-15-8-13(17-11)12-3-2-5-18(9-12)10-14-16-4-6-19-14/h4,6-8,12H,2-3,5,9-10H2,1H3. The summed E-state index contributed by atoms with van der Waals surface area (Å²) in [5, 5.41) is 3.25. The maximum absolute atomic E-state index is 4.63. The van der Waals surface area contributed by atoms with E-state index >= 15 is 0 Å². The molecule has 0 N–H and O–H groups in total. The van der Waals surface area contributed by atoms with Crippen molar-refractivity contribution in [2.24, 2.45) is 0 Å². The van der Waals surface area contributed by atoms with Crippen LogP contribution in [0, 0.1) is 6.92 Å². The fourth-order valence-electron chi connectivity index (χ4n) is 2.64. The first-order valence-electron chi connectivity index (χ1n) is 6.70. The van der Waals surface area contributed by atoms with Crippen molar-refractivity contribution in [2.75, 3.05) is 13.1 Å². The van der Waals surface area contributed by atoms with Crippen molar-refractivity contribution in [3.05, 3.63) is 40.4 Å². The molecule has 1 saturated heterocycles. The molecule has 0 saturated carbocycles. The van der Waals surface area contributed by atoms with E-state index in [-0.39, 0.29) is 0 Å². The molecule has 100 valence electrons. The minimum absolute atomic E-state index is 0.515. The number of aromatic nitrogens is 3. The van der Waals surface area contributed by atoms with E-state index in [1.54, 1.807) is 11.3 Å². The Hall–Kier alpha value is -1.33. The van der Waals surface area contributed by atoms with Crippen LogP contribution in [0.3, 0.4) is 0 Å². The molecule has 2 aromatic heterocycles. The zero-order chi connectivity index (χ0) is 13.1. The molecule has 4 nitrogen and oxygen atoms in total. The Balaban J connectivity index is 1.67. The number of piperidine rings is 1. The first-order chi connectivity index (χ1) is 9.31. The first kappa shape index (κ1) is 12.7. The third kappa shape index (κ3) is 3.16. The normalized spacial score (nSPS) is 20.6. The van der Waals surface area contributed by atoms with Gasteiger partial charge in [-0.1, -0.05) is 0 Å². The highest BCUT2D eigenvalue weighted by molar-refractivity contribution is 7.09. The Labute approximate surface area is 117 Å². The van der Waals surface area contributed by atoms with E-state index < -0.39 is 0 Å². The summed E-state index contributed by atoms with van der Waals surface area (Å²) in [6.45, 7) is 5.20. The SMILES string of the molecule is Cc1cncc(C2CCCN(Cc3nccs3)C2)n1. The van der Waals surface area contributed by atoms with Crippen LogP contribution in [-0.4, -0.2) is 32.9 Å². The number of rotatable bonds is 3. The van der Waals surface area contributed by atoms with Crippen LogP contribution in [0.5, 0.6) is 0 Å². The van der Waals surface area contributed by atoms with E-state index in [9.17, 15) is 0 Å². The lowest BCUT2D eigenvalue weighted by atomic mass is 9.95. The lowest BCUT2D eigenvalue weighted by Crippen LogP contribution is -2.34. The molecule has 1 atom stereocenters. The average Bonchev–Trinajstić information content (AvgIpc) is 2.92. The van der Waals surface area contributed by atoms with Gasteiger partial charge in [-0.05, 0) is 26.3 Å². The maximum atomic E-state index is 4.63. The topological polar surface area (TPSA) is 41.9 Å². The van der Waals surface area contributed by atoms with E-state index in [2.05, 4.69) is 19.9 Å². The molecular formula is C14H18N4S. The fraction of sp³-hybridized carbons (Fsp3) is 0.500. The number of likely N-dealkylation sites (tertiary alicyclic amines) is 1. The van der Waals surface area contributed by atoms with Gasteiger partial charge in [-0.25, -0.2) is 4.98 Å². The summed E-state index contributed by atoms with van der Waals surface area (Å²) >= 11 is 1.74. The van der Waals surface area contributed by atoms with Gasteiger partial charge in [-0.15, -0.1) is 11.3 Å². The van der Waals surface area contributed by atoms with Gasteiger partial charge in [-0.3, -0.25) is 14.9 Å². The minimum atomic E-state index is 0.515. The Kier molecular flexibility index (Phi) is 3.84. The van der Waals surface area contributed by atoms with Gasteiger partial charge in [-0.2, -0.15) is 0 Å². The number of thiazole rings is 1. The third-order valence-electron chi connectivity index (χ3n) is 3.54. The largest absolute Gasteiger partial charge is 0.296 e. The Bertz CT molecular complexity index is 526. The lowest BCUT2D eigenvalue weighted by Gasteiger charge is -2.31. The van der Waals surface area contributed by atoms with Crippen molar-refractivity contribution in [1.29, 1.82) is 0 Å². The van der Waals surface area contributed by atoms with Gasteiger partial charge >= 0.3 is 0 Å². The molecule has 19 heavy (non-hydrogen) atoms. The van der Waals surface area contributed by atoms with Gasteiger partial charge in [0, 0.05) is 36.4 Å². The number of hydrogen-bond donors (Lipinski definition) is 0. The van der Waals surface area contributed by atoms with E-state index in [0.29, 0.717) is 5.92 Å². The fourth-order valence-corrected chi connectivity index (χ4v) is 3.30. The molecular weight excluding hydrogens is 256 g/mol. The van der Waals surface area contributed by atoms with Gasteiger partial charge in [0.25, 0.3) is 0 Å². The molecule has 3 heterocycles. The summed E-state index contributed by atoms with van der Waals surface area (Å²) < 4.78 is 0. The van der Waals surface area contributed by atoms with Crippen LogP contribution in [0.2, 0.25) is 0 Å². The van der Waals surface area contributed by atoms with Gasteiger partial charge in [0.15, 0.2) is 0 Å². The van der Waals surface area contributed by atoms with E-state index in [1.165, 1.54) is 17.8 Å². The quantitative estimate of drug-likeness (QED) is 0.863. The monoisotopic (exact) mass is 274 g/mol. The van der Waals surface area contributed by atoms with E-state index in [1.807, 2.05) is 30.9 Å². The molecule has 1 unspecified atom stereocenters. The molecule has 0 radical (unpaired) electrons. The van der Waals surface area contributed by atoms with Crippen molar-refractivity contribution in [3.63, 3.8) is 0 Å². The second-order valence-electron chi connectivity index (χ2n) is 5.09. The molecule has 0 amide bonds. The predicted molar refractivity (Wildman–Crippen MR) is 76.1 cm³/mol. The molecule has 3 rings (SSSR count). The van der Waals surface area contributed by atoms with Gasteiger partial charge < -0.3 is 0 Å². The summed E-state index contributed by atoms with van der Waals surface area (Å²) in [5.41, 5.74) is 2.15. The van der Waals surface area contributed by atoms with Crippen LogP contribution >= 0.6 is 11.3 Å². The first-order valence-corrected chi connectivity index (χ1v) is 7.58. The highest BCUT2D eigenvalue weighted by Crippen LogP contribution is 2.26. The summed E-state index contributed by atoms with van der Waals surface area (Å²) in [6, 6.07) is 0. The van der Waals surface area contributed by atoms with Crippen molar-refractivity contribution in [1.82, 2.24) is 19.9 Å². The van der Waals surface area contributed by atoms with Crippen LogP contribution < -0.4 is 0 Å². The highest BCUT2D eigenvalue weighted by Gasteiger charge is 2.23. The third-order valence-corrected chi connectivity index (χ3v) is 4.30. The van der Waals surface area contributed by atoms with Crippen LogP contribution in [0.25, 0.3) is 0 Å². The molecule has 0 bridgehead atoms. The summed E-state index contributed by atoms with van der Waals surface area (Å²) in [5.74, 6) is 0.515. The maximum Gasteiger partial charge on any atom is 0.107 e. The average molecular weight is 274 g/mol. The van der Waals surface area contributed by atoms with Gasteiger partial charge in [0.1, 0.15) is 5.01 Å². The van der Waals surface area contributed by atoms with Gasteiger partial charge in [0.2, 0.25) is 0 Å². The molecule has 0 spiro atoms. The van der Waals surface area contributed by atoms with Crippen molar-refractivity contribution >= 4 is 11.3 Å². The Morgan fingerprint density at radius 3 is 3.16 bits per heavy atom. The molecule has 1 fully saturated rings. The Morgan fingerprint density at radius 2 is 2.37 bits per heavy atom. The van der Waals surface area contributed by atoms with E-state index in [4.69, 9.17) is 0 Å². The van der Waals surface area contributed by atoms with Gasteiger partial charge in [0.05, 0.1) is 17.9 Å². The zero-order valence-electron chi connectivity index (χ0n) is 11.1. The number of hydrogen-bond acceptors (Lipinski definition) is 5. The van der Waals surface area contributed by atoms with Crippen LogP contribution in [0.15, 0.2) is 24.0 Å². The van der Waals surface area contributed by atoms with Crippen LogP contribution in [-0.2, 0) is 6.54 Å². The molecule has 1 aliphatic heterocycles. The summed E-state index contributed by atoms with van der Waals surface area (Å²) in [6.07, 6.45) is 8.07. The molecule has 1 aliphatic rings. The van der Waals surface area contributed by atoms with Crippen LogP contribution in [0.4, 0.5) is 0 Å². The summed E-state index contributed by atoms with van der Waals surface area (Å²) in [7, 11) is 0. The molecule has 5 heteroatoms. The second kappa shape index (κ2) is 5.75. The number of aryl methyl sites for hydroxylation is 1. The number of nitrogens with zero attached hydrogens (tertiary/aromatic N) is 4. The lowest BCUT2D eigenvalue weighted by molar-refractivity contribution is 0.198. The van der Waals surface area contributed by atoms with E-state index in [0.717, 1.165) is 31.0 Å². The molecule has 0 aromatic carbocycles. The molecule has 0 aliphatic carbocycles. The highest BCUT2D eigenvalue weighted by atomic mass is 32.1. The van der Waals surface area contributed by atoms with Crippen molar-refractivity contribution < 1.29 is 0 Å². The van der Waals surface area contributed by atoms with Crippen LogP contribution in [0.1, 0.15) is 35.2 Å². The second-order valence-corrected chi connectivity index (χ2v) is 6.06. The van der Waals surface area contributed by atoms with Crippen molar-refractivity contribution in [2.45, 2.75) is 32.2 Å². The Morgan fingerprint density at radius 1 is 1.42 bits per heavy atom. The predicted octanol–water partition coefficient (Wildman–Crippen LogP) is 2.62. The minimum Gasteiger partial charge on any atom is -0.296 e. The zero-order valence-corrected chi connectivity index (χ0v) is 11.9.